The summed E-state index contributed by atoms with van der Waals surface area (Å²) in [5.41, 5.74) is 1.38. The second-order valence-corrected chi connectivity index (χ2v) is 6.60. The predicted octanol–water partition coefficient (Wildman–Crippen LogP) is 2.48. The molecule has 0 aliphatic heterocycles. The second-order valence-electron chi connectivity index (χ2n) is 6.60. The zero-order valence-electron chi connectivity index (χ0n) is 14.0. The number of carboxylic acids is 1. The number of aliphatic carboxylic acids is 1. The third kappa shape index (κ3) is 5.87. The maximum absolute atomic E-state index is 12.1. The molecule has 0 fully saturated rings. The van der Waals surface area contributed by atoms with Gasteiger partial charge in [0.2, 0.25) is 0 Å². The summed E-state index contributed by atoms with van der Waals surface area (Å²) in [6.45, 7) is 6.79. The quantitative estimate of drug-likeness (QED) is 0.723. The monoisotopic (exact) mass is 309 g/mol. The van der Waals surface area contributed by atoms with E-state index in [-0.39, 0.29) is 17.7 Å². The first-order valence-corrected chi connectivity index (χ1v) is 7.76. The molecule has 22 heavy (non-hydrogen) atoms. The van der Waals surface area contributed by atoms with Crippen molar-refractivity contribution in [2.75, 3.05) is 6.54 Å². The van der Waals surface area contributed by atoms with Crippen molar-refractivity contribution in [1.29, 1.82) is 0 Å². The average Bonchev–Trinajstić information content (AvgIpc) is 2.79. The van der Waals surface area contributed by atoms with E-state index < -0.39 is 5.97 Å². The lowest BCUT2D eigenvalue weighted by molar-refractivity contribution is -0.137. The van der Waals surface area contributed by atoms with Crippen LogP contribution in [0.4, 0.5) is 0 Å². The average molecular weight is 309 g/mol. The van der Waals surface area contributed by atoms with Crippen LogP contribution in [0.15, 0.2) is 6.07 Å². The van der Waals surface area contributed by atoms with Gasteiger partial charge in [0.25, 0.3) is 5.91 Å². The third-order valence-electron chi connectivity index (χ3n) is 3.48. The van der Waals surface area contributed by atoms with E-state index in [0.717, 1.165) is 25.0 Å². The van der Waals surface area contributed by atoms with Gasteiger partial charge in [0.1, 0.15) is 5.69 Å². The van der Waals surface area contributed by atoms with Gasteiger partial charge in [0.05, 0.1) is 5.69 Å². The van der Waals surface area contributed by atoms with Crippen molar-refractivity contribution in [1.82, 2.24) is 15.1 Å². The number of carbonyl (C=O) groups excluding carboxylic acids is 1. The summed E-state index contributed by atoms with van der Waals surface area (Å²) in [6, 6.07) is 1.84. The molecule has 0 spiro atoms. The second kappa shape index (κ2) is 7.96. The maximum Gasteiger partial charge on any atom is 0.303 e. The highest BCUT2D eigenvalue weighted by atomic mass is 16.4. The minimum absolute atomic E-state index is 0.0829. The normalized spacial score (nSPS) is 11.5. The SMILES string of the molecule is Cn1nc(C(C)(C)C)cc1C(=O)NCCCCCCC(=O)O. The minimum Gasteiger partial charge on any atom is -0.481 e. The summed E-state index contributed by atoms with van der Waals surface area (Å²) < 4.78 is 1.61. The number of hydrogen-bond donors (Lipinski definition) is 2. The fourth-order valence-electron chi connectivity index (χ4n) is 2.09. The molecular formula is C16H27N3O3. The van der Waals surface area contributed by atoms with E-state index in [9.17, 15) is 9.59 Å². The highest BCUT2D eigenvalue weighted by Gasteiger charge is 2.21. The van der Waals surface area contributed by atoms with E-state index in [0.29, 0.717) is 18.7 Å². The molecule has 0 bridgehead atoms. The Morgan fingerprint density at radius 3 is 2.41 bits per heavy atom. The zero-order chi connectivity index (χ0) is 16.8. The summed E-state index contributed by atoms with van der Waals surface area (Å²) in [5, 5.41) is 15.8. The summed E-state index contributed by atoms with van der Waals surface area (Å²) in [4.78, 5) is 22.5. The van der Waals surface area contributed by atoms with Crippen LogP contribution in [0.3, 0.4) is 0 Å². The van der Waals surface area contributed by atoms with Gasteiger partial charge in [0, 0.05) is 25.4 Å². The van der Waals surface area contributed by atoms with Crippen LogP contribution in [0.1, 0.15) is 69.1 Å². The predicted molar refractivity (Wildman–Crippen MR) is 85.0 cm³/mol. The molecule has 6 nitrogen and oxygen atoms in total. The number of nitrogens with one attached hydrogen (secondary N) is 1. The van der Waals surface area contributed by atoms with Gasteiger partial charge in [-0.3, -0.25) is 14.3 Å². The Morgan fingerprint density at radius 1 is 1.23 bits per heavy atom. The van der Waals surface area contributed by atoms with Gasteiger partial charge in [-0.05, 0) is 18.9 Å². The number of carboxylic acid groups (broad SMARTS) is 1. The molecule has 124 valence electrons. The molecule has 0 unspecified atom stereocenters. The summed E-state index contributed by atoms with van der Waals surface area (Å²) in [7, 11) is 1.77. The van der Waals surface area contributed by atoms with E-state index >= 15 is 0 Å². The van der Waals surface area contributed by atoms with Gasteiger partial charge in [-0.1, -0.05) is 33.6 Å². The number of aromatic nitrogens is 2. The smallest absolute Gasteiger partial charge is 0.303 e. The molecule has 1 amide bonds. The van der Waals surface area contributed by atoms with Crippen LogP contribution in [-0.2, 0) is 17.3 Å². The lowest BCUT2D eigenvalue weighted by Gasteiger charge is -2.13. The van der Waals surface area contributed by atoms with E-state index in [1.54, 1.807) is 11.7 Å². The summed E-state index contributed by atoms with van der Waals surface area (Å²) >= 11 is 0. The van der Waals surface area contributed by atoms with Crippen LogP contribution >= 0.6 is 0 Å². The Kier molecular flexibility index (Phi) is 6.59. The Labute approximate surface area is 131 Å². The largest absolute Gasteiger partial charge is 0.481 e. The number of aryl methyl sites for hydroxylation is 1. The van der Waals surface area contributed by atoms with Gasteiger partial charge in [0.15, 0.2) is 0 Å². The standard InChI is InChI=1S/C16H27N3O3/c1-16(2,3)13-11-12(19(4)18-13)15(22)17-10-8-6-5-7-9-14(20)21/h11H,5-10H2,1-4H3,(H,17,22)(H,20,21). The van der Waals surface area contributed by atoms with Crippen molar-refractivity contribution < 1.29 is 14.7 Å². The summed E-state index contributed by atoms with van der Waals surface area (Å²) in [6.07, 6.45) is 3.57. The summed E-state index contributed by atoms with van der Waals surface area (Å²) in [5.74, 6) is -0.866. The van der Waals surface area contributed by atoms with E-state index in [4.69, 9.17) is 5.11 Å². The Morgan fingerprint density at radius 2 is 1.86 bits per heavy atom. The van der Waals surface area contributed by atoms with Crippen molar-refractivity contribution in [2.45, 2.75) is 58.3 Å². The minimum atomic E-state index is -0.751. The molecule has 1 heterocycles. The topological polar surface area (TPSA) is 84.2 Å². The van der Waals surface area contributed by atoms with E-state index in [1.807, 2.05) is 6.07 Å². The molecule has 0 aliphatic rings. The first-order valence-electron chi connectivity index (χ1n) is 7.76. The van der Waals surface area contributed by atoms with Crippen molar-refractivity contribution in [3.63, 3.8) is 0 Å². The van der Waals surface area contributed by atoms with Gasteiger partial charge in [-0.2, -0.15) is 5.10 Å². The molecule has 6 heteroatoms. The number of nitrogens with zero attached hydrogens (tertiary/aromatic N) is 2. The van der Waals surface area contributed by atoms with E-state index in [1.165, 1.54) is 0 Å². The fourth-order valence-corrected chi connectivity index (χ4v) is 2.09. The zero-order valence-corrected chi connectivity index (χ0v) is 14.0. The molecule has 2 N–H and O–H groups in total. The van der Waals surface area contributed by atoms with Crippen LogP contribution < -0.4 is 5.32 Å². The van der Waals surface area contributed by atoms with Crippen molar-refractivity contribution in [2.24, 2.45) is 7.05 Å². The molecule has 0 atom stereocenters. The maximum atomic E-state index is 12.1. The number of hydrogen-bond acceptors (Lipinski definition) is 3. The number of carbonyl (C=O) groups is 2. The Hall–Kier alpha value is -1.85. The third-order valence-corrected chi connectivity index (χ3v) is 3.48. The Balaban J connectivity index is 2.34. The van der Waals surface area contributed by atoms with Crippen LogP contribution in [-0.4, -0.2) is 33.3 Å². The van der Waals surface area contributed by atoms with Crippen molar-refractivity contribution in [3.8, 4) is 0 Å². The van der Waals surface area contributed by atoms with Crippen molar-refractivity contribution >= 4 is 11.9 Å². The lowest BCUT2D eigenvalue weighted by Crippen LogP contribution is -2.26. The first-order chi connectivity index (χ1) is 10.2. The van der Waals surface area contributed by atoms with Gasteiger partial charge < -0.3 is 10.4 Å². The number of rotatable bonds is 8. The molecule has 0 aliphatic carbocycles. The molecule has 0 saturated carbocycles. The molecule has 0 aromatic carbocycles. The molecule has 1 aromatic heterocycles. The molecule has 1 aromatic rings. The van der Waals surface area contributed by atoms with E-state index in [2.05, 4.69) is 31.2 Å². The van der Waals surface area contributed by atoms with Gasteiger partial charge in [-0.25, -0.2) is 0 Å². The molecule has 1 rings (SSSR count). The van der Waals surface area contributed by atoms with Gasteiger partial charge in [-0.15, -0.1) is 0 Å². The number of unbranched alkanes of at least 4 members (excludes halogenated alkanes) is 3. The highest BCUT2D eigenvalue weighted by molar-refractivity contribution is 5.92. The number of amides is 1. The van der Waals surface area contributed by atoms with Crippen molar-refractivity contribution in [3.05, 3.63) is 17.5 Å². The molecule has 0 radical (unpaired) electrons. The van der Waals surface area contributed by atoms with Gasteiger partial charge >= 0.3 is 5.97 Å². The van der Waals surface area contributed by atoms with Crippen LogP contribution in [0.2, 0.25) is 0 Å². The Bertz CT molecular complexity index is 515. The first kappa shape index (κ1) is 18.2. The van der Waals surface area contributed by atoms with Crippen LogP contribution in [0, 0.1) is 0 Å². The highest BCUT2D eigenvalue weighted by Crippen LogP contribution is 2.21. The van der Waals surface area contributed by atoms with Crippen LogP contribution in [0.5, 0.6) is 0 Å². The van der Waals surface area contributed by atoms with Crippen LogP contribution in [0.25, 0.3) is 0 Å². The molecular weight excluding hydrogens is 282 g/mol. The fraction of sp³-hybridized carbons (Fsp3) is 0.688. The lowest BCUT2D eigenvalue weighted by atomic mass is 9.92. The molecule has 0 saturated heterocycles.